The summed E-state index contributed by atoms with van der Waals surface area (Å²) in [5.74, 6) is 0. The molecular weight excluding hydrogens is 124 g/mol. The molecule has 0 aromatic heterocycles. The van der Waals surface area contributed by atoms with Crippen molar-refractivity contribution in [1.82, 2.24) is 5.32 Å². The van der Waals surface area contributed by atoms with E-state index in [9.17, 15) is 8.78 Å². The SMILES string of the molecule is CNCC/C=C/C(F)F. The average molecular weight is 135 g/mol. The molecule has 0 spiro atoms. The van der Waals surface area contributed by atoms with Crippen molar-refractivity contribution in [2.75, 3.05) is 13.6 Å². The highest BCUT2D eigenvalue weighted by atomic mass is 19.3. The standard InChI is InChI=1S/C6H11F2N/c1-9-5-3-2-4-6(7)8/h2,4,6,9H,3,5H2,1H3/b4-2+. The van der Waals surface area contributed by atoms with Crippen LogP contribution in [0.3, 0.4) is 0 Å². The lowest BCUT2D eigenvalue weighted by atomic mass is 10.4. The summed E-state index contributed by atoms with van der Waals surface area (Å²) < 4.78 is 22.7. The van der Waals surface area contributed by atoms with Crippen LogP contribution in [0.4, 0.5) is 8.78 Å². The number of allylic oxidation sites excluding steroid dienone is 1. The second-order valence-corrected chi connectivity index (χ2v) is 1.65. The first-order valence-corrected chi connectivity index (χ1v) is 2.86. The minimum atomic E-state index is -2.30. The van der Waals surface area contributed by atoms with Gasteiger partial charge in [-0.25, -0.2) is 8.78 Å². The fourth-order valence-corrected chi connectivity index (χ4v) is 0.427. The second kappa shape index (κ2) is 5.69. The summed E-state index contributed by atoms with van der Waals surface area (Å²) in [6, 6.07) is 0. The van der Waals surface area contributed by atoms with Crippen LogP contribution < -0.4 is 5.32 Å². The number of alkyl halides is 2. The van der Waals surface area contributed by atoms with E-state index in [4.69, 9.17) is 0 Å². The predicted molar refractivity (Wildman–Crippen MR) is 33.7 cm³/mol. The first-order chi connectivity index (χ1) is 4.27. The van der Waals surface area contributed by atoms with Crippen molar-refractivity contribution in [3.8, 4) is 0 Å². The van der Waals surface area contributed by atoms with E-state index in [1.54, 1.807) is 7.05 Å². The van der Waals surface area contributed by atoms with Crippen molar-refractivity contribution >= 4 is 0 Å². The lowest BCUT2D eigenvalue weighted by Gasteiger charge is -1.90. The van der Waals surface area contributed by atoms with Crippen LogP contribution in [0, 0.1) is 0 Å². The Hall–Kier alpha value is -0.440. The van der Waals surface area contributed by atoms with Crippen molar-refractivity contribution < 1.29 is 8.78 Å². The van der Waals surface area contributed by atoms with Crippen LogP contribution in [-0.2, 0) is 0 Å². The molecule has 0 aliphatic rings. The second-order valence-electron chi connectivity index (χ2n) is 1.65. The maximum Gasteiger partial charge on any atom is 0.257 e. The van der Waals surface area contributed by atoms with Crippen LogP contribution in [0.25, 0.3) is 0 Å². The number of hydrogen-bond acceptors (Lipinski definition) is 1. The Balaban J connectivity index is 3.04. The molecular formula is C6H11F2N. The molecule has 0 fully saturated rings. The highest BCUT2D eigenvalue weighted by Crippen LogP contribution is 1.93. The molecule has 0 saturated carbocycles. The summed E-state index contributed by atoms with van der Waals surface area (Å²) >= 11 is 0. The van der Waals surface area contributed by atoms with Crippen molar-refractivity contribution in [2.45, 2.75) is 12.8 Å². The van der Waals surface area contributed by atoms with Gasteiger partial charge in [-0.05, 0) is 26.1 Å². The Morgan fingerprint density at radius 1 is 1.56 bits per heavy atom. The van der Waals surface area contributed by atoms with Gasteiger partial charge in [-0.15, -0.1) is 0 Å². The quantitative estimate of drug-likeness (QED) is 0.454. The lowest BCUT2D eigenvalue weighted by molar-refractivity contribution is 0.204. The number of nitrogens with one attached hydrogen (secondary N) is 1. The third kappa shape index (κ3) is 7.56. The Morgan fingerprint density at radius 2 is 2.22 bits per heavy atom. The minimum Gasteiger partial charge on any atom is -0.319 e. The number of hydrogen-bond donors (Lipinski definition) is 1. The van der Waals surface area contributed by atoms with Gasteiger partial charge in [0.15, 0.2) is 0 Å². The van der Waals surface area contributed by atoms with Crippen LogP contribution in [0.5, 0.6) is 0 Å². The van der Waals surface area contributed by atoms with Gasteiger partial charge in [-0.1, -0.05) is 6.08 Å². The lowest BCUT2D eigenvalue weighted by Crippen LogP contribution is -2.05. The topological polar surface area (TPSA) is 12.0 Å². The summed E-state index contributed by atoms with van der Waals surface area (Å²) in [4.78, 5) is 0. The molecule has 0 rings (SSSR count). The van der Waals surface area contributed by atoms with E-state index in [2.05, 4.69) is 5.32 Å². The molecule has 0 bridgehead atoms. The highest BCUT2D eigenvalue weighted by molar-refractivity contribution is 4.84. The van der Waals surface area contributed by atoms with E-state index in [1.165, 1.54) is 6.08 Å². The van der Waals surface area contributed by atoms with E-state index >= 15 is 0 Å². The zero-order valence-electron chi connectivity index (χ0n) is 5.40. The van der Waals surface area contributed by atoms with Gasteiger partial charge < -0.3 is 5.32 Å². The summed E-state index contributed by atoms with van der Waals surface area (Å²) in [5, 5.41) is 2.85. The Labute approximate surface area is 53.8 Å². The van der Waals surface area contributed by atoms with Crippen molar-refractivity contribution in [2.24, 2.45) is 0 Å². The molecule has 0 aliphatic carbocycles. The first-order valence-electron chi connectivity index (χ1n) is 2.86. The molecule has 0 saturated heterocycles. The minimum absolute atomic E-state index is 0.668. The van der Waals surface area contributed by atoms with E-state index in [0.717, 1.165) is 12.6 Å². The molecule has 0 atom stereocenters. The molecule has 1 nitrogen and oxygen atoms in total. The molecule has 54 valence electrons. The smallest absolute Gasteiger partial charge is 0.257 e. The van der Waals surface area contributed by atoms with E-state index in [1.807, 2.05) is 0 Å². The molecule has 9 heavy (non-hydrogen) atoms. The summed E-state index contributed by atoms with van der Waals surface area (Å²) in [7, 11) is 1.79. The van der Waals surface area contributed by atoms with Crippen LogP contribution in [0.1, 0.15) is 6.42 Å². The van der Waals surface area contributed by atoms with Gasteiger partial charge >= 0.3 is 0 Å². The first kappa shape index (κ1) is 8.56. The Bertz CT molecular complexity index is 81.1. The van der Waals surface area contributed by atoms with Gasteiger partial charge in [0.1, 0.15) is 0 Å². The van der Waals surface area contributed by atoms with Gasteiger partial charge in [0.2, 0.25) is 0 Å². The summed E-state index contributed by atoms with van der Waals surface area (Å²) in [6.45, 7) is 0.753. The summed E-state index contributed by atoms with van der Waals surface area (Å²) in [6.07, 6.45) is 0.737. The third-order valence-corrected chi connectivity index (χ3v) is 0.843. The number of halogens is 2. The van der Waals surface area contributed by atoms with Crippen molar-refractivity contribution in [3.05, 3.63) is 12.2 Å². The fourth-order valence-electron chi connectivity index (χ4n) is 0.427. The van der Waals surface area contributed by atoms with Gasteiger partial charge in [0.25, 0.3) is 6.43 Å². The normalized spacial score (nSPS) is 11.6. The van der Waals surface area contributed by atoms with E-state index in [0.29, 0.717) is 6.42 Å². The van der Waals surface area contributed by atoms with Crippen LogP contribution in [0.15, 0.2) is 12.2 Å². The average Bonchev–Trinajstić information content (AvgIpc) is 1.80. The van der Waals surface area contributed by atoms with Crippen LogP contribution >= 0.6 is 0 Å². The zero-order chi connectivity index (χ0) is 7.11. The van der Waals surface area contributed by atoms with Gasteiger partial charge in [-0.2, -0.15) is 0 Å². The third-order valence-electron chi connectivity index (χ3n) is 0.843. The van der Waals surface area contributed by atoms with Gasteiger partial charge in [0.05, 0.1) is 0 Å². The van der Waals surface area contributed by atoms with E-state index < -0.39 is 6.43 Å². The van der Waals surface area contributed by atoms with Crippen molar-refractivity contribution in [3.63, 3.8) is 0 Å². The molecule has 0 unspecified atom stereocenters. The fraction of sp³-hybridized carbons (Fsp3) is 0.667. The maximum absolute atomic E-state index is 11.4. The number of rotatable bonds is 4. The van der Waals surface area contributed by atoms with Crippen LogP contribution in [0.2, 0.25) is 0 Å². The molecule has 0 aromatic carbocycles. The monoisotopic (exact) mass is 135 g/mol. The summed E-state index contributed by atoms with van der Waals surface area (Å²) in [5.41, 5.74) is 0. The molecule has 0 aliphatic heterocycles. The van der Waals surface area contributed by atoms with Crippen LogP contribution in [-0.4, -0.2) is 20.0 Å². The van der Waals surface area contributed by atoms with Crippen molar-refractivity contribution in [1.29, 1.82) is 0 Å². The molecule has 0 heterocycles. The maximum atomic E-state index is 11.4. The van der Waals surface area contributed by atoms with Gasteiger partial charge in [0, 0.05) is 0 Å². The van der Waals surface area contributed by atoms with Gasteiger partial charge in [-0.3, -0.25) is 0 Å². The predicted octanol–water partition coefficient (Wildman–Crippen LogP) is 1.42. The molecule has 3 heteroatoms. The molecule has 0 radical (unpaired) electrons. The largest absolute Gasteiger partial charge is 0.319 e. The molecule has 0 amide bonds. The molecule has 0 aromatic rings. The molecule has 1 N–H and O–H groups in total. The van der Waals surface area contributed by atoms with E-state index in [-0.39, 0.29) is 0 Å². The Kier molecular flexibility index (Phi) is 5.41. The zero-order valence-corrected chi connectivity index (χ0v) is 5.40. The Morgan fingerprint density at radius 3 is 2.67 bits per heavy atom. The highest BCUT2D eigenvalue weighted by Gasteiger charge is 1.90.